The van der Waals surface area contributed by atoms with Crippen LogP contribution < -0.4 is 15.0 Å². The minimum absolute atomic E-state index is 0.154. The lowest BCUT2D eigenvalue weighted by molar-refractivity contribution is -0.146. The number of nitrogens with one attached hydrogen (secondary N) is 1. The van der Waals surface area contributed by atoms with E-state index in [-0.39, 0.29) is 12.4 Å². The summed E-state index contributed by atoms with van der Waals surface area (Å²) in [7, 11) is 5.03. The first-order valence-corrected chi connectivity index (χ1v) is 7.14. The van der Waals surface area contributed by atoms with Gasteiger partial charge in [-0.25, -0.2) is 9.78 Å². The SMILES string of the molecule is COc1ncnc(N(C)C)c1NC(=O)N1CCC(C)(C(=O)O)C1. The Hall–Kier alpha value is -2.58. The Morgan fingerprint density at radius 2 is 2.13 bits per heavy atom. The molecule has 2 amide bonds. The largest absolute Gasteiger partial charge is 0.481 e. The van der Waals surface area contributed by atoms with Crippen LogP contribution in [0.15, 0.2) is 6.33 Å². The van der Waals surface area contributed by atoms with Gasteiger partial charge < -0.3 is 19.6 Å². The molecule has 9 heteroatoms. The Labute approximate surface area is 134 Å². The van der Waals surface area contributed by atoms with Crippen molar-refractivity contribution in [2.45, 2.75) is 13.3 Å². The molecule has 1 aliphatic rings. The number of hydrogen-bond acceptors (Lipinski definition) is 6. The van der Waals surface area contributed by atoms with Gasteiger partial charge in [0.05, 0.1) is 12.5 Å². The van der Waals surface area contributed by atoms with E-state index in [9.17, 15) is 14.7 Å². The number of likely N-dealkylation sites (tertiary alicyclic amines) is 1. The summed E-state index contributed by atoms with van der Waals surface area (Å²) in [4.78, 5) is 35.1. The maximum atomic E-state index is 12.5. The van der Waals surface area contributed by atoms with Gasteiger partial charge in [0.1, 0.15) is 12.0 Å². The molecule has 23 heavy (non-hydrogen) atoms. The molecule has 1 aromatic heterocycles. The fraction of sp³-hybridized carbons (Fsp3) is 0.571. The van der Waals surface area contributed by atoms with Gasteiger partial charge in [-0.05, 0) is 13.3 Å². The molecule has 0 aliphatic carbocycles. The summed E-state index contributed by atoms with van der Waals surface area (Å²) in [6, 6.07) is -0.397. The molecule has 2 rings (SSSR count). The second kappa shape index (κ2) is 6.27. The normalized spacial score (nSPS) is 20.3. The highest BCUT2D eigenvalue weighted by Crippen LogP contribution is 2.33. The van der Waals surface area contributed by atoms with Gasteiger partial charge in [0.25, 0.3) is 0 Å². The van der Waals surface area contributed by atoms with Crippen LogP contribution in [0, 0.1) is 5.41 Å². The number of carbonyl (C=O) groups excluding carboxylic acids is 1. The van der Waals surface area contributed by atoms with Crippen LogP contribution in [0.5, 0.6) is 5.88 Å². The zero-order valence-electron chi connectivity index (χ0n) is 13.7. The summed E-state index contributed by atoms with van der Waals surface area (Å²) in [5.74, 6) is -0.148. The molecule has 9 nitrogen and oxygen atoms in total. The van der Waals surface area contributed by atoms with Gasteiger partial charge in [-0.1, -0.05) is 0 Å². The van der Waals surface area contributed by atoms with E-state index in [1.54, 1.807) is 25.9 Å². The van der Waals surface area contributed by atoms with Gasteiger partial charge in [0, 0.05) is 27.2 Å². The number of carbonyl (C=O) groups is 2. The number of aliphatic carboxylic acids is 1. The van der Waals surface area contributed by atoms with E-state index in [1.807, 2.05) is 0 Å². The second-order valence-corrected chi connectivity index (χ2v) is 5.94. The number of amides is 2. The lowest BCUT2D eigenvalue weighted by Crippen LogP contribution is -2.37. The number of ether oxygens (including phenoxy) is 1. The Morgan fingerprint density at radius 1 is 1.43 bits per heavy atom. The molecule has 0 aromatic carbocycles. The first-order chi connectivity index (χ1) is 10.8. The summed E-state index contributed by atoms with van der Waals surface area (Å²) < 4.78 is 5.17. The quantitative estimate of drug-likeness (QED) is 0.846. The lowest BCUT2D eigenvalue weighted by atomic mass is 9.90. The van der Waals surface area contributed by atoms with E-state index in [2.05, 4.69) is 15.3 Å². The molecular weight excluding hydrogens is 302 g/mol. The van der Waals surface area contributed by atoms with Gasteiger partial charge in [0.15, 0.2) is 5.82 Å². The molecule has 0 spiro atoms. The highest BCUT2D eigenvalue weighted by Gasteiger charge is 2.42. The van der Waals surface area contributed by atoms with E-state index >= 15 is 0 Å². The number of methoxy groups -OCH3 is 1. The minimum Gasteiger partial charge on any atom is -0.481 e. The first-order valence-electron chi connectivity index (χ1n) is 7.14. The number of hydrogen-bond donors (Lipinski definition) is 2. The van der Waals surface area contributed by atoms with E-state index in [1.165, 1.54) is 18.3 Å². The fourth-order valence-electron chi connectivity index (χ4n) is 2.46. The van der Waals surface area contributed by atoms with E-state index in [0.717, 1.165) is 0 Å². The van der Waals surface area contributed by atoms with Crippen molar-refractivity contribution in [2.75, 3.05) is 44.5 Å². The topological polar surface area (TPSA) is 108 Å². The summed E-state index contributed by atoms with van der Waals surface area (Å²) in [5.41, 5.74) is -0.562. The van der Waals surface area contributed by atoms with Gasteiger partial charge in [-0.15, -0.1) is 0 Å². The predicted molar refractivity (Wildman–Crippen MR) is 83.9 cm³/mol. The van der Waals surface area contributed by atoms with Crippen LogP contribution in [0.2, 0.25) is 0 Å². The van der Waals surface area contributed by atoms with Crippen molar-refractivity contribution >= 4 is 23.5 Å². The molecule has 1 aliphatic heterocycles. The average Bonchev–Trinajstić information content (AvgIpc) is 2.91. The molecule has 2 N–H and O–H groups in total. The van der Waals surface area contributed by atoms with E-state index in [4.69, 9.17) is 4.74 Å². The Bertz CT molecular complexity index is 621. The molecule has 1 unspecified atom stereocenters. The van der Waals surface area contributed by atoms with Gasteiger partial charge in [-0.3, -0.25) is 10.1 Å². The second-order valence-electron chi connectivity index (χ2n) is 5.94. The van der Waals surface area contributed by atoms with Crippen molar-refractivity contribution in [3.8, 4) is 5.88 Å². The number of carboxylic acid groups (broad SMARTS) is 1. The fourth-order valence-corrected chi connectivity index (χ4v) is 2.46. The molecule has 1 atom stereocenters. The van der Waals surface area contributed by atoms with Crippen molar-refractivity contribution in [1.82, 2.24) is 14.9 Å². The standard InChI is InChI=1S/C14H21N5O4/c1-14(12(20)21)5-6-19(7-14)13(22)17-9-10(18(2)3)15-8-16-11(9)23-4/h8H,5-7H2,1-4H3,(H,17,22)(H,20,21). The van der Waals surface area contributed by atoms with Gasteiger partial charge in [-0.2, -0.15) is 4.98 Å². The van der Waals surface area contributed by atoms with Crippen molar-refractivity contribution in [2.24, 2.45) is 5.41 Å². The molecule has 1 aromatic rings. The van der Waals surface area contributed by atoms with Gasteiger partial charge >= 0.3 is 12.0 Å². The molecule has 0 bridgehead atoms. The average molecular weight is 323 g/mol. The Morgan fingerprint density at radius 3 is 2.65 bits per heavy atom. The number of nitrogens with zero attached hydrogens (tertiary/aromatic N) is 4. The molecule has 0 radical (unpaired) electrons. The molecule has 1 saturated heterocycles. The number of aromatic nitrogens is 2. The summed E-state index contributed by atoms with van der Waals surface area (Å²) in [6.45, 7) is 2.17. The summed E-state index contributed by atoms with van der Waals surface area (Å²) in [6.07, 6.45) is 1.76. The van der Waals surface area contributed by atoms with Crippen LogP contribution in [-0.2, 0) is 4.79 Å². The van der Waals surface area contributed by atoms with E-state index in [0.29, 0.717) is 24.5 Å². The number of urea groups is 1. The molecule has 1 fully saturated rings. The maximum absolute atomic E-state index is 12.5. The summed E-state index contributed by atoms with van der Waals surface area (Å²) in [5, 5.41) is 12.0. The number of rotatable bonds is 4. The number of carboxylic acids is 1. The van der Waals surface area contributed by atoms with Crippen molar-refractivity contribution < 1.29 is 19.4 Å². The predicted octanol–water partition coefficient (Wildman–Crippen LogP) is 0.880. The Balaban J connectivity index is 2.20. The van der Waals surface area contributed by atoms with Crippen LogP contribution in [0.3, 0.4) is 0 Å². The maximum Gasteiger partial charge on any atom is 0.322 e. The van der Waals surface area contributed by atoms with Crippen LogP contribution in [-0.4, -0.2) is 66.3 Å². The van der Waals surface area contributed by atoms with Crippen molar-refractivity contribution in [3.05, 3.63) is 6.33 Å². The lowest BCUT2D eigenvalue weighted by Gasteiger charge is -2.22. The zero-order valence-corrected chi connectivity index (χ0v) is 13.7. The van der Waals surface area contributed by atoms with Crippen LogP contribution in [0.1, 0.15) is 13.3 Å². The molecule has 126 valence electrons. The minimum atomic E-state index is -0.918. The monoisotopic (exact) mass is 323 g/mol. The molecule has 0 saturated carbocycles. The van der Waals surface area contributed by atoms with Crippen molar-refractivity contribution in [1.29, 1.82) is 0 Å². The molecule has 2 heterocycles. The third-order valence-electron chi connectivity index (χ3n) is 3.92. The highest BCUT2D eigenvalue weighted by molar-refractivity contribution is 5.94. The van der Waals surface area contributed by atoms with Crippen LogP contribution in [0.4, 0.5) is 16.3 Å². The highest BCUT2D eigenvalue weighted by atomic mass is 16.5. The third-order valence-corrected chi connectivity index (χ3v) is 3.92. The van der Waals surface area contributed by atoms with Crippen LogP contribution >= 0.6 is 0 Å². The third kappa shape index (κ3) is 3.27. The van der Waals surface area contributed by atoms with Crippen LogP contribution in [0.25, 0.3) is 0 Å². The number of anilines is 2. The first kappa shape index (κ1) is 16.8. The van der Waals surface area contributed by atoms with Crippen molar-refractivity contribution in [3.63, 3.8) is 0 Å². The van der Waals surface area contributed by atoms with Gasteiger partial charge in [0.2, 0.25) is 5.88 Å². The zero-order chi connectivity index (χ0) is 17.2. The van der Waals surface area contributed by atoms with E-state index < -0.39 is 17.4 Å². The Kier molecular flexibility index (Phi) is 4.57. The summed E-state index contributed by atoms with van der Waals surface area (Å²) >= 11 is 0. The smallest absolute Gasteiger partial charge is 0.322 e. The molecular formula is C14H21N5O4.